The van der Waals surface area contributed by atoms with E-state index in [0.29, 0.717) is 25.9 Å². The van der Waals surface area contributed by atoms with Crippen molar-refractivity contribution in [2.45, 2.75) is 117 Å². The van der Waals surface area contributed by atoms with Gasteiger partial charge in [0.25, 0.3) is 0 Å². The second-order valence-electron chi connectivity index (χ2n) is 18.9. The molecule has 13 nitrogen and oxygen atoms in total. The van der Waals surface area contributed by atoms with E-state index in [2.05, 4.69) is 54.1 Å². The van der Waals surface area contributed by atoms with Crippen molar-refractivity contribution in [3.8, 4) is 11.1 Å². The van der Waals surface area contributed by atoms with Crippen LogP contribution in [0.4, 0.5) is 4.79 Å². The summed E-state index contributed by atoms with van der Waals surface area (Å²) in [5.74, 6) is -2.06. The third-order valence-corrected chi connectivity index (χ3v) is 13.7. The zero-order valence-electron chi connectivity index (χ0n) is 40.2. The highest BCUT2D eigenvalue weighted by molar-refractivity contribution is 6.00. The molecule has 7 atom stereocenters. The molecule has 2 aliphatic rings. The average Bonchev–Trinajstić information content (AvgIpc) is 3.91. The van der Waals surface area contributed by atoms with E-state index in [1.807, 2.05) is 92.2 Å². The molecule has 1 aliphatic heterocycles. The minimum absolute atomic E-state index is 0.000972. The van der Waals surface area contributed by atoms with Gasteiger partial charge in [0.15, 0.2) is 0 Å². The number of carbonyl (C=O) groups excluding carboxylic acids is 5. The zero-order chi connectivity index (χ0) is 47.4. The van der Waals surface area contributed by atoms with Crippen LogP contribution in [-0.4, -0.2) is 117 Å². The highest BCUT2D eigenvalue weighted by Crippen LogP contribution is 2.44. The van der Waals surface area contributed by atoms with Gasteiger partial charge in [0.1, 0.15) is 6.61 Å². The second-order valence-corrected chi connectivity index (χ2v) is 18.9. The summed E-state index contributed by atoms with van der Waals surface area (Å²) in [6, 6.07) is 24.8. The first-order chi connectivity index (χ1) is 31.0. The van der Waals surface area contributed by atoms with E-state index in [0.717, 1.165) is 40.7 Å². The maximum atomic E-state index is 14.3. The molecule has 3 aromatic rings. The number of ether oxygens (including phenoxy) is 3. The number of hydrogen-bond acceptors (Lipinski definition) is 9. The molecular formula is C52H73N5O8. The van der Waals surface area contributed by atoms with Crippen LogP contribution in [0.25, 0.3) is 11.1 Å². The topological polar surface area (TPSA) is 156 Å². The summed E-state index contributed by atoms with van der Waals surface area (Å²) in [5, 5.41) is 8.45. The van der Waals surface area contributed by atoms with Crippen LogP contribution in [0.2, 0.25) is 0 Å². The molecule has 1 saturated heterocycles. The number of nitrogens with zero attached hydrogens (tertiary/aromatic N) is 2. The van der Waals surface area contributed by atoms with E-state index in [1.165, 1.54) is 0 Å². The summed E-state index contributed by atoms with van der Waals surface area (Å²) >= 11 is 0. The minimum atomic E-state index is -1.16. The number of likely N-dealkylation sites (N-methyl/N-ethyl adjacent to an activating group) is 1. The fraction of sp³-hybridized carbons (Fsp3) is 0.558. The summed E-state index contributed by atoms with van der Waals surface area (Å²) < 4.78 is 17.8. The fourth-order valence-electron chi connectivity index (χ4n) is 9.85. The van der Waals surface area contributed by atoms with Crippen LogP contribution in [0.3, 0.4) is 0 Å². The summed E-state index contributed by atoms with van der Waals surface area (Å²) in [4.78, 5) is 72.5. The number of hydrogen-bond donors (Lipinski definition) is 3. The van der Waals surface area contributed by atoms with Gasteiger partial charge in [-0.1, -0.05) is 120 Å². The molecule has 0 aromatic heterocycles. The molecule has 3 N–H and O–H groups in total. The molecule has 5 amide bonds. The molecule has 0 unspecified atom stereocenters. The molecule has 65 heavy (non-hydrogen) atoms. The number of alkyl carbamates (subject to hydrolysis) is 1. The lowest BCUT2D eigenvalue weighted by molar-refractivity contribution is -0.144. The first-order valence-corrected chi connectivity index (χ1v) is 23.4. The molecule has 1 heterocycles. The maximum Gasteiger partial charge on any atom is 0.407 e. The smallest absolute Gasteiger partial charge is 0.407 e. The first kappa shape index (κ1) is 50.9. The second kappa shape index (κ2) is 23.4. The maximum absolute atomic E-state index is 14.3. The Morgan fingerprint density at radius 3 is 2.03 bits per heavy atom. The van der Waals surface area contributed by atoms with E-state index in [-0.39, 0.29) is 61.2 Å². The molecule has 1 fully saturated rings. The number of carbonyl (C=O) groups is 5. The highest BCUT2D eigenvalue weighted by atomic mass is 16.5. The number of rotatable bonds is 22. The monoisotopic (exact) mass is 896 g/mol. The molecule has 354 valence electrons. The zero-order valence-corrected chi connectivity index (χ0v) is 40.2. The predicted octanol–water partition coefficient (Wildman–Crippen LogP) is 6.97. The molecule has 0 saturated carbocycles. The van der Waals surface area contributed by atoms with Gasteiger partial charge in [-0.2, -0.15) is 0 Å². The van der Waals surface area contributed by atoms with Crippen LogP contribution in [0.15, 0.2) is 78.9 Å². The Balaban J connectivity index is 1.18. The summed E-state index contributed by atoms with van der Waals surface area (Å²) in [5.41, 5.74) is 4.43. The van der Waals surface area contributed by atoms with Gasteiger partial charge in [0.2, 0.25) is 23.6 Å². The van der Waals surface area contributed by atoms with E-state index in [4.69, 9.17) is 14.2 Å². The molecule has 13 heteroatoms. The van der Waals surface area contributed by atoms with Gasteiger partial charge in [-0.15, -0.1) is 0 Å². The summed E-state index contributed by atoms with van der Waals surface area (Å²) in [6.45, 7) is 14.3. The fourth-order valence-corrected chi connectivity index (χ4v) is 9.85. The van der Waals surface area contributed by atoms with Gasteiger partial charge >= 0.3 is 6.09 Å². The van der Waals surface area contributed by atoms with Gasteiger partial charge in [0.05, 0.1) is 42.0 Å². The Bertz CT molecular complexity index is 2030. The van der Waals surface area contributed by atoms with Crippen LogP contribution in [0, 0.1) is 23.2 Å². The largest absolute Gasteiger partial charge is 0.449 e. The molecule has 1 aliphatic carbocycles. The molecule has 0 radical (unpaired) electrons. The number of likely N-dealkylation sites (tertiary alicyclic amines) is 1. The average molecular weight is 896 g/mol. The van der Waals surface area contributed by atoms with E-state index < -0.39 is 47.5 Å². The Kier molecular flexibility index (Phi) is 18.3. The van der Waals surface area contributed by atoms with Crippen molar-refractivity contribution in [3.05, 3.63) is 95.6 Å². The standard InChI is InChI=1S/C52H73N5O8/c1-11-34(4)46(43(63-9)30-44(58)57-29-19-26-42(57)47(64-10)35(5)48(59)53-28-27-36-20-13-12-14-21-36)56(8)45(33(2)3)49(60)55-50(61)52(6,7)32-54-51(62)65-31-41-39-24-17-15-22-37(39)38-23-16-18-25-40(38)41/h12-18,20-25,33-35,41-43,45-47H,11,19,26-32H2,1-10H3,(H,53,59)(H,54,62)(H,55,60,61)/t34-,35+,42-,43+,45-,46-,47+/m0/s1. The van der Waals surface area contributed by atoms with Crippen molar-refractivity contribution >= 4 is 29.7 Å². The SMILES string of the molecule is CC[C@H](C)[C@@H]([C@@H](CC(=O)N1CCC[C@H]1[C@H](OC)[C@@H](C)C(=O)NCCc1ccccc1)OC)N(C)[C@H](C(=O)NC(=O)C(C)(C)CNC(=O)OCC1c2ccccc2-c2ccccc21)C(C)C. The Hall–Kier alpha value is -5.11. The van der Waals surface area contributed by atoms with Crippen LogP contribution >= 0.6 is 0 Å². The lowest BCUT2D eigenvalue weighted by Crippen LogP contribution is -2.59. The van der Waals surface area contributed by atoms with Crippen molar-refractivity contribution in [3.63, 3.8) is 0 Å². The van der Waals surface area contributed by atoms with Crippen LogP contribution in [0.1, 0.15) is 96.8 Å². The third-order valence-electron chi connectivity index (χ3n) is 13.7. The Labute approximate surface area is 386 Å². The third kappa shape index (κ3) is 12.4. The lowest BCUT2D eigenvalue weighted by Gasteiger charge is -2.43. The normalized spacial score (nSPS) is 17.7. The lowest BCUT2D eigenvalue weighted by atomic mass is 9.87. The number of benzene rings is 3. The van der Waals surface area contributed by atoms with Crippen LogP contribution in [0.5, 0.6) is 0 Å². The van der Waals surface area contributed by atoms with E-state index in [1.54, 1.807) is 28.1 Å². The van der Waals surface area contributed by atoms with Crippen LogP contribution in [-0.2, 0) is 39.8 Å². The number of nitrogens with one attached hydrogen (secondary N) is 3. The van der Waals surface area contributed by atoms with Gasteiger partial charge in [-0.3, -0.25) is 29.4 Å². The van der Waals surface area contributed by atoms with E-state index >= 15 is 0 Å². The number of imide groups is 1. The molecule has 0 bridgehead atoms. The van der Waals surface area contributed by atoms with Crippen molar-refractivity contribution in [1.29, 1.82) is 0 Å². The molecular weight excluding hydrogens is 823 g/mol. The summed E-state index contributed by atoms with van der Waals surface area (Å²) in [7, 11) is 5.03. The predicted molar refractivity (Wildman–Crippen MR) is 253 cm³/mol. The Morgan fingerprint density at radius 1 is 0.831 bits per heavy atom. The molecule has 3 aromatic carbocycles. The van der Waals surface area contributed by atoms with Crippen molar-refractivity contribution in [2.24, 2.45) is 23.2 Å². The Morgan fingerprint density at radius 2 is 1.45 bits per heavy atom. The van der Waals surface area contributed by atoms with Crippen molar-refractivity contribution in [2.75, 3.05) is 47.5 Å². The summed E-state index contributed by atoms with van der Waals surface area (Å²) in [6.07, 6.45) is 1.27. The van der Waals surface area contributed by atoms with Gasteiger partial charge in [-0.25, -0.2) is 4.79 Å². The van der Waals surface area contributed by atoms with Crippen molar-refractivity contribution in [1.82, 2.24) is 25.8 Å². The highest BCUT2D eigenvalue weighted by Gasteiger charge is 2.44. The van der Waals surface area contributed by atoms with Crippen molar-refractivity contribution < 1.29 is 38.2 Å². The first-order valence-electron chi connectivity index (χ1n) is 23.4. The number of methoxy groups -OCH3 is 2. The number of fused-ring (bicyclic) bond motifs is 3. The molecule has 5 rings (SSSR count). The van der Waals surface area contributed by atoms with Gasteiger partial charge < -0.3 is 29.7 Å². The molecule has 0 spiro atoms. The van der Waals surface area contributed by atoms with E-state index in [9.17, 15) is 24.0 Å². The minimum Gasteiger partial charge on any atom is -0.449 e. The quantitative estimate of drug-likeness (QED) is 0.0970. The van der Waals surface area contributed by atoms with Gasteiger partial charge in [-0.05, 0) is 79.8 Å². The van der Waals surface area contributed by atoms with Gasteiger partial charge in [0, 0.05) is 45.8 Å². The number of amides is 5. The van der Waals surface area contributed by atoms with Crippen LogP contribution < -0.4 is 16.0 Å².